The lowest BCUT2D eigenvalue weighted by Gasteiger charge is -2.25. The van der Waals surface area contributed by atoms with Gasteiger partial charge in [0.2, 0.25) is 6.20 Å². The van der Waals surface area contributed by atoms with Gasteiger partial charge in [0.15, 0.2) is 5.60 Å². The summed E-state index contributed by atoms with van der Waals surface area (Å²) in [6.07, 6.45) is 2.27. The van der Waals surface area contributed by atoms with Crippen molar-refractivity contribution in [2.24, 2.45) is 0 Å². The molecule has 0 aliphatic heterocycles. The van der Waals surface area contributed by atoms with E-state index < -0.39 is 16.5 Å². The van der Waals surface area contributed by atoms with Crippen molar-refractivity contribution in [3.8, 4) is 5.75 Å². The number of nitro groups is 1. The topological polar surface area (TPSA) is 78.7 Å². The number of aryl methyl sites for hydroxylation is 1. The van der Waals surface area contributed by atoms with E-state index in [2.05, 4.69) is 0 Å². The third-order valence-electron chi connectivity index (χ3n) is 2.72. The highest BCUT2D eigenvalue weighted by Gasteiger charge is 2.31. The van der Waals surface area contributed by atoms with Gasteiger partial charge >= 0.3 is 5.97 Å². The van der Waals surface area contributed by atoms with Gasteiger partial charge in [0.05, 0.1) is 11.5 Å². The molecule has 6 nitrogen and oxygen atoms in total. The fourth-order valence-electron chi connectivity index (χ4n) is 1.66. The molecule has 6 heteroatoms. The van der Waals surface area contributed by atoms with Crippen molar-refractivity contribution in [1.82, 2.24) is 0 Å². The van der Waals surface area contributed by atoms with E-state index in [1.54, 1.807) is 45.9 Å². The number of benzene rings is 1. The highest BCUT2D eigenvalue weighted by atomic mass is 16.6. The third-order valence-corrected chi connectivity index (χ3v) is 2.72. The number of carbonyl (C=O) groups is 1. The van der Waals surface area contributed by atoms with Gasteiger partial charge in [-0.15, -0.1) is 0 Å². The fraction of sp³-hybridized carbons (Fsp3) is 0.400. The molecular weight excluding hydrogens is 274 g/mol. The van der Waals surface area contributed by atoms with E-state index in [1.807, 2.05) is 0 Å². The van der Waals surface area contributed by atoms with Crippen LogP contribution in [-0.2, 0) is 9.53 Å². The molecule has 0 saturated carbocycles. The second-order valence-corrected chi connectivity index (χ2v) is 4.96. The Bertz CT molecular complexity index is 563. The van der Waals surface area contributed by atoms with E-state index in [9.17, 15) is 14.9 Å². The van der Waals surface area contributed by atoms with Gasteiger partial charge < -0.3 is 9.47 Å². The number of hydrogen-bond donors (Lipinski definition) is 0. The number of ether oxygens (including phenoxy) is 2. The molecule has 0 aromatic heterocycles. The van der Waals surface area contributed by atoms with Crippen LogP contribution < -0.4 is 4.74 Å². The minimum Gasteiger partial charge on any atom is -0.476 e. The normalized spacial score (nSPS) is 11.4. The van der Waals surface area contributed by atoms with Crippen LogP contribution in [0.1, 0.15) is 31.9 Å². The Morgan fingerprint density at radius 3 is 2.62 bits per heavy atom. The molecule has 0 saturated heterocycles. The lowest BCUT2D eigenvalue weighted by atomic mass is 10.1. The summed E-state index contributed by atoms with van der Waals surface area (Å²) in [6.45, 7) is 7.08. The van der Waals surface area contributed by atoms with Gasteiger partial charge in [0, 0.05) is 6.08 Å². The molecule has 0 spiro atoms. The summed E-state index contributed by atoms with van der Waals surface area (Å²) >= 11 is 0. The largest absolute Gasteiger partial charge is 0.476 e. The predicted octanol–water partition coefficient (Wildman–Crippen LogP) is 2.96. The van der Waals surface area contributed by atoms with Crippen molar-refractivity contribution in [1.29, 1.82) is 0 Å². The van der Waals surface area contributed by atoms with Crippen molar-refractivity contribution >= 4 is 12.0 Å². The Balaban J connectivity index is 2.90. The zero-order valence-electron chi connectivity index (χ0n) is 12.6. The van der Waals surface area contributed by atoms with Crippen molar-refractivity contribution in [2.45, 2.75) is 33.3 Å². The second kappa shape index (κ2) is 6.88. The quantitative estimate of drug-likeness (QED) is 0.457. The predicted molar refractivity (Wildman–Crippen MR) is 78.5 cm³/mol. The second-order valence-electron chi connectivity index (χ2n) is 4.96. The van der Waals surface area contributed by atoms with E-state index in [0.717, 1.165) is 11.8 Å². The molecule has 21 heavy (non-hydrogen) atoms. The SMILES string of the molecule is CCOC(=O)C(C)(C)Oc1ccc(/C=C/[N+](=O)[O-])cc1C. The van der Waals surface area contributed by atoms with Gasteiger partial charge in [-0.1, -0.05) is 6.07 Å². The Morgan fingerprint density at radius 2 is 2.10 bits per heavy atom. The van der Waals surface area contributed by atoms with Crippen LogP contribution in [0.25, 0.3) is 6.08 Å². The summed E-state index contributed by atoms with van der Waals surface area (Å²) in [6, 6.07) is 5.11. The molecule has 114 valence electrons. The van der Waals surface area contributed by atoms with Gasteiger partial charge in [-0.2, -0.15) is 0 Å². The molecule has 1 aromatic carbocycles. The first-order valence-electron chi connectivity index (χ1n) is 6.55. The van der Waals surface area contributed by atoms with E-state index in [4.69, 9.17) is 9.47 Å². The van der Waals surface area contributed by atoms with Crippen LogP contribution in [0.5, 0.6) is 5.75 Å². The number of nitrogens with zero attached hydrogens (tertiary/aromatic N) is 1. The Labute approximate surface area is 123 Å². The first kappa shape index (κ1) is 16.7. The molecule has 0 heterocycles. The minimum atomic E-state index is -1.10. The maximum absolute atomic E-state index is 11.8. The zero-order chi connectivity index (χ0) is 16.0. The first-order chi connectivity index (χ1) is 9.76. The van der Waals surface area contributed by atoms with Crippen LogP contribution in [0.4, 0.5) is 0 Å². The summed E-state index contributed by atoms with van der Waals surface area (Å²) in [5.74, 6) is 0.0908. The fourth-order valence-corrected chi connectivity index (χ4v) is 1.66. The highest BCUT2D eigenvalue weighted by molar-refractivity contribution is 5.79. The van der Waals surface area contributed by atoms with Crippen LogP contribution in [0, 0.1) is 17.0 Å². The molecule has 0 atom stereocenters. The average molecular weight is 293 g/mol. The van der Waals surface area contributed by atoms with Crippen LogP contribution >= 0.6 is 0 Å². The number of rotatable bonds is 6. The molecule has 0 bridgehead atoms. The molecule has 0 fully saturated rings. The van der Waals surface area contributed by atoms with E-state index in [0.29, 0.717) is 11.3 Å². The maximum Gasteiger partial charge on any atom is 0.349 e. The Hall–Kier alpha value is -2.37. The van der Waals surface area contributed by atoms with E-state index in [-0.39, 0.29) is 6.61 Å². The highest BCUT2D eigenvalue weighted by Crippen LogP contribution is 2.25. The van der Waals surface area contributed by atoms with Crippen LogP contribution in [0.2, 0.25) is 0 Å². The molecule has 0 unspecified atom stereocenters. The monoisotopic (exact) mass is 293 g/mol. The van der Waals surface area contributed by atoms with Crippen LogP contribution in [0.3, 0.4) is 0 Å². The smallest absolute Gasteiger partial charge is 0.349 e. The van der Waals surface area contributed by atoms with Gasteiger partial charge in [0.25, 0.3) is 0 Å². The van der Waals surface area contributed by atoms with E-state index in [1.165, 1.54) is 6.08 Å². The van der Waals surface area contributed by atoms with Crippen LogP contribution in [-0.4, -0.2) is 23.1 Å². The molecular formula is C15H19NO5. The lowest BCUT2D eigenvalue weighted by molar-refractivity contribution is -0.400. The van der Waals surface area contributed by atoms with E-state index >= 15 is 0 Å². The zero-order valence-corrected chi connectivity index (χ0v) is 12.6. The molecule has 0 radical (unpaired) electrons. The van der Waals surface area contributed by atoms with Crippen molar-refractivity contribution in [3.05, 3.63) is 45.6 Å². The van der Waals surface area contributed by atoms with Gasteiger partial charge in [-0.3, -0.25) is 10.1 Å². The first-order valence-corrected chi connectivity index (χ1v) is 6.55. The Kier molecular flexibility index (Phi) is 5.46. The average Bonchev–Trinajstić information content (AvgIpc) is 2.39. The van der Waals surface area contributed by atoms with Crippen molar-refractivity contribution < 1.29 is 19.2 Å². The Morgan fingerprint density at radius 1 is 1.43 bits per heavy atom. The van der Waals surface area contributed by atoms with Crippen LogP contribution in [0.15, 0.2) is 24.4 Å². The summed E-state index contributed by atoms with van der Waals surface area (Å²) in [5.41, 5.74) is 0.363. The van der Waals surface area contributed by atoms with Gasteiger partial charge in [-0.25, -0.2) is 4.79 Å². The number of hydrogen-bond acceptors (Lipinski definition) is 5. The summed E-state index contributed by atoms with van der Waals surface area (Å²) in [4.78, 5) is 21.6. The minimum absolute atomic E-state index is 0.287. The summed E-state index contributed by atoms with van der Waals surface area (Å²) in [7, 11) is 0. The van der Waals surface area contributed by atoms with Gasteiger partial charge in [0.1, 0.15) is 5.75 Å². The standard InChI is InChI=1S/C15H19NO5/c1-5-20-14(17)15(3,4)21-13-7-6-12(10-11(13)2)8-9-16(18)19/h6-10H,5H2,1-4H3/b9-8+. The summed E-state index contributed by atoms with van der Waals surface area (Å²) < 4.78 is 10.7. The third kappa shape index (κ3) is 4.91. The molecule has 0 aliphatic rings. The molecule has 1 rings (SSSR count). The van der Waals surface area contributed by atoms with Crippen molar-refractivity contribution in [2.75, 3.05) is 6.61 Å². The maximum atomic E-state index is 11.8. The number of esters is 1. The number of carbonyl (C=O) groups excluding carboxylic acids is 1. The lowest BCUT2D eigenvalue weighted by Crippen LogP contribution is -2.39. The molecule has 0 N–H and O–H groups in total. The van der Waals surface area contributed by atoms with Gasteiger partial charge in [-0.05, 0) is 51.0 Å². The summed E-state index contributed by atoms with van der Waals surface area (Å²) in [5, 5.41) is 10.3. The molecule has 0 aliphatic carbocycles. The van der Waals surface area contributed by atoms with Crippen molar-refractivity contribution in [3.63, 3.8) is 0 Å². The molecule has 0 amide bonds. The molecule has 1 aromatic rings.